The third-order valence-electron chi connectivity index (χ3n) is 11.2. The highest BCUT2D eigenvalue weighted by atomic mass is 16.5. The van der Waals surface area contributed by atoms with Crippen LogP contribution in [0.3, 0.4) is 0 Å². The first-order chi connectivity index (χ1) is 21.2. The van der Waals surface area contributed by atoms with Gasteiger partial charge < -0.3 is 24.5 Å². The van der Waals surface area contributed by atoms with Crippen molar-refractivity contribution in [2.75, 3.05) is 24.6 Å². The highest BCUT2D eigenvalue weighted by Crippen LogP contribution is 2.65. The molecule has 3 saturated heterocycles. The number of hydrogen-bond donors (Lipinski definition) is 1. The van der Waals surface area contributed by atoms with Gasteiger partial charge in [-0.25, -0.2) is 0 Å². The second-order valence-corrected chi connectivity index (χ2v) is 13.4. The number of hydrogen-bond acceptors (Lipinski definition) is 5. The van der Waals surface area contributed by atoms with Gasteiger partial charge in [0.2, 0.25) is 17.7 Å². The molecule has 1 aliphatic carbocycles. The summed E-state index contributed by atoms with van der Waals surface area (Å²) in [4.78, 5) is 49.9. The lowest BCUT2D eigenvalue weighted by Gasteiger charge is -2.43. The van der Waals surface area contributed by atoms with Crippen LogP contribution < -0.4 is 4.90 Å². The fourth-order valence-corrected chi connectivity index (χ4v) is 8.82. The normalized spacial score (nSPS) is 31.0. The summed E-state index contributed by atoms with van der Waals surface area (Å²) >= 11 is 0. The van der Waals surface area contributed by atoms with E-state index in [2.05, 4.69) is 13.2 Å². The van der Waals surface area contributed by atoms with Crippen LogP contribution in [0.1, 0.15) is 78.6 Å². The van der Waals surface area contributed by atoms with Crippen LogP contribution in [0.2, 0.25) is 0 Å². The number of fused-ring (bicyclic) bond motifs is 1. The molecule has 3 amide bonds. The molecule has 2 bridgehead atoms. The Morgan fingerprint density at radius 3 is 2.34 bits per heavy atom. The molecule has 1 saturated carbocycles. The highest BCUT2D eigenvalue weighted by molar-refractivity contribution is 6.03. The predicted octanol–water partition coefficient (Wildman–Crippen LogP) is 5.11. The Morgan fingerprint density at radius 1 is 1.07 bits per heavy atom. The van der Waals surface area contributed by atoms with Gasteiger partial charge in [0.1, 0.15) is 11.6 Å². The van der Waals surface area contributed by atoms with Crippen molar-refractivity contribution in [1.82, 2.24) is 9.80 Å². The number of nitrogens with zero attached hydrogens (tertiary/aromatic N) is 3. The van der Waals surface area contributed by atoms with E-state index in [4.69, 9.17) is 4.74 Å². The van der Waals surface area contributed by atoms with E-state index < -0.39 is 35.1 Å². The lowest BCUT2D eigenvalue weighted by atomic mass is 9.64. The molecule has 3 aliphatic heterocycles. The van der Waals surface area contributed by atoms with Gasteiger partial charge in [-0.1, -0.05) is 76.8 Å². The molecular formula is C36H51N3O5. The average molecular weight is 606 g/mol. The minimum atomic E-state index is -1.14. The van der Waals surface area contributed by atoms with Gasteiger partial charge in [-0.2, -0.15) is 0 Å². The van der Waals surface area contributed by atoms with Gasteiger partial charge in [-0.05, 0) is 50.2 Å². The molecular weight excluding hydrogens is 554 g/mol. The Balaban J connectivity index is 1.64. The highest BCUT2D eigenvalue weighted by Gasteiger charge is 2.79. The molecule has 1 aromatic rings. The van der Waals surface area contributed by atoms with Gasteiger partial charge in [-0.15, -0.1) is 13.2 Å². The zero-order valence-corrected chi connectivity index (χ0v) is 26.8. The first kappa shape index (κ1) is 32.4. The van der Waals surface area contributed by atoms with Crippen LogP contribution in [-0.2, 0) is 19.1 Å². The van der Waals surface area contributed by atoms with Gasteiger partial charge in [0.05, 0.1) is 30.1 Å². The van der Waals surface area contributed by atoms with Crippen LogP contribution in [0.4, 0.5) is 5.69 Å². The fourth-order valence-electron chi connectivity index (χ4n) is 8.82. The molecule has 8 heteroatoms. The quantitative estimate of drug-likeness (QED) is 0.316. The van der Waals surface area contributed by atoms with E-state index in [1.54, 1.807) is 22.0 Å². The predicted molar refractivity (Wildman–Crippen MR) is 172 cm³/mol. The molecule has 1 aromatic carbocycles. The van der Waals surface area contributed by atoms with E-state index in [9.17, 15) is 19.5 Å². The van der Waals surface area contributed by atoms with E-state index in [1.165, 1.54) is 0 Å². The van der Waals surface area contributed by atoms with Crippen molar-refractivity contribution in [2.45, 2.75) is 108 Å². The SMILES string of the molecule is C=CCN(C(=O)[C@@H]1[C@H]2C(=O)N([C@@H](CO)[C@@H](C)CC)C(C(=O)N(CC=C)C3CCCCC3)C23CC[C@@]1(CC)O3)c1ccccc1. The molecule has 1 N–H and O–H groups in total. The molecule has 0 aromatic heterocycles. The molecule has 44 heavy (non-hydrogen) atoms. The summed E-state index contributed by atoms with van der Waals surface area (Å²) in [7, 11) is 0. The first-order valence-corrected chi connectivity index (χ1v) is 16.8. The Hall–Kier alpha value is -2.97. The number of carbonyl (C=O) groups excluding carboxylic acids is 3. The van der Waals surface area contributed by atoms with Crippen molar-refractivity contribution in [3.05, 3.63) is 55.6 Å². The standard InChI is InChI=1S/C36H51N3O5/c1-6-22-37(26-16-12-10-13-17-26)32(41)29-30-33(42)39(28(24-40)25(5)8-3)31(36(30)21-20-35(29,9-4)44-36)34(43)38(23-7-2)27-18-14-11-15-19-27/h6-7,10,12-13,16-17,25,27-31,40H,1-2,8-9,11,14-15,18-24H2,3-5H3/t25-,28-,29-,30-,31?,35+,36?/m0/s1. The minimum Gasteiger partial charge on any atom is -0.394 e. The van der Waals surface area contributed by atoms with Crippen LogP contribution >= 0.6 is 0 Å². The number of carbonyl (C=O) groups is 3. The van der Waals surface area contributed by atoms with Crippen molar-refractivity contribution in [2.24, 2.45) is 17.8 Å². The zero-order chi connectivity index (χ0) is 31.6. The number of rotatable bonds is 13. The Bertz CT molecular complexity index is 1230. The number of aliphatic hydroxyl groups is 1. The number of ether oxygens (including phenoxy) is 1. The van der Waals surface area contributed by atoms with Crippen molar-refractivity contribution < 1.29 is 24.2 Å². The van der Waals surface area contributed by atoms with Gasteiger partial charge >= 0.3 is 0 Å². The maximum absolute atomic E-state index is 15.0. The average Bonchev–Trinajstić information content (AvgIpc) is 3.66. The van der Waals surface area contributed by atoms with Crippen LogP contribution in [0, 0.1) is 17.8 Å². The first-order valence-electron chi connectivity index (χ1n) is 16.8. The van der Waals surface area contributed by atoms with Crippen LogP contribution in [0.15, 0.2) is 55.6 Å². The molecule has 2 unspecified atom stereocenters. The summed E-state index contributed by atoms with van der Waals surface area (Å²) in [5, 5.41) is 10.7. The monoisotopic (exact) mass is 605 g/mol. The Labute approximate surface area is 263 Å². The zero-order valence-electron chi connectivity index (χ0n) is 26.8. The second kappa shape index (κ2) is 13.2. The van der Waals surface area contributed by atoms with Gasteiger partial charge in [0, 0.05) is 24.8 Å². The molecule has 1 spiro atoms. The Morgan fingerprint density at radius 2 is 1.75 bits per heavy atom. The Kier molecular flexibility index (Phi) is 9.71. The molecule has 5 rings (SSSR count). The van der Waals surface area contributed by atoms with Crippen molar-refractivity contribution in [1.29, 1.82) is 0 Å². The lowest BCUT2D eigenvalue weighted by Crippen LogP contribution is -2.61. The number of amides is 3. The molecule has 3 heterocycles. The summed E-state index contributed by atoms with van der Waals surface area (Å²) in [6.07, 6.45) is 11.0. The van der Waals surface area contributed by atoms with Crippen LogP contribution in [-0.4, -0.2) is 81.7 Å². The number of para-hydroxylation sites is 1. The minimum absolute atomic E-state index is 0.0509. The topological polar surface area (TPSA) is 90.4 Å². The van der Waals surface area contributed by atoms with E-state index in [0.717, 1.165) is 44.2 Å². The van der Waals surface area contributed by atoms with E-state index in [1.807, 2.05) is 56.0 Å². The summed E-state index contributed by atoms with van der Waals surface area (Å²) in [5.74, 6) is -2.18. The summed E-state index contributed by atoms with van der Waals surface area (Å²) in [6, 6.07) is 8.06. The lowest BCUT2D eigenvalue weighted by molar-refractivity contribution is -0.159. The van der Waals surface area contributed by atoms with E-state index in [-0.39, 0.29) is 36.3 Å². The van der Waals surface area contributed by atoms with E-state index in [0.29, 0.717) is 32.4 Å². The number of benzene rings is 1. The third-order valence-corrected chi connectivity index (χ3v) is 11.2. The fraction of sp³-hybridized carbons (Fsp3) is 0.639. The number of likely N-dealkylation sites (tertiary alicyclic amines) is 1. The number of anilines is 1. The van der Waals surface area contributed by atoms with Crippen molar-refractivity contribution in [3.63, 3.8) is 0 Å². The molecule has 7 atom stereocenters. The molecule has 8 nitrogen and oxygen atoms in total. The van der Waals surface area contributed by atoms with Gasteiger partial charge in [0.25, 0.3) is 0 Å². The largest absolute Gasteiger partial charge is 0.394 e. The van der Waals surface area contributed by atoms with Gasteiger partial charge in [0.15, 0.2) is 0 Å². The van der Waals surface area contributed by atoms with Crippen LogP contribution in [0.25, 0.3) is 0 Å². The smallest absolute Gasteiger partial charge is 0.248 e. The summed E-state index contributed by atoms with van der Waals surface area (Å²) in [6.45, 7) is 14.3. The maximum Gasteiger partial charge on any atom is 0.248 e. The van der Waals surface area contributed by atoms with Crippen molar-refractivity contribution in [3.8, 4) is 0 Å². The number of aliphatic hydroxyl groups excluding tert-OH is 1. The van der Waals surface area contributed by atoms with Crippen molar-refractivity contribution >= 4 is 23.4 Å². The molecule has 4 fully saturated rings. The molecule has 4 aliphatic rings. The van der Waals surface area contributed by atoms with Gasteiger partial charge in [-0.3, -0.25) is 14.4 Å². The third kappa shape index (κ3) is 5.12. The van der Waals surface area contributed by atoms with Crippen LogP contribution in [0.5, 0.6) is 0 Å². The molecule has 240 valence electrons. The summed E-state index contributed by atoms with van der Waals surface area (Å²) in [5.41, 5.74) is -1.26. The maximum atomic E-state index is 15.0. The second-order valence-electron chi connectivity index (χ2n) is 13.4. The van der Waals surface area contributed by atoms with E-state index >= 15 is 0 Å². The summed E-state index contributed by atoms with van der Waals surface area (Å²) < 4.78 is 7.09. The molecule has 0 radical (unpaired) electrons.